The van der Waals surface area contributed by atoms with Gasteiger partial charge in [-0.3, -0.25) is 14.2 Å². The molecule has 1 N–H and O–H groups in total. The van der Waals surface area contributed by atoms with Crippen molar-refractivity contribution in [3.05, 3.63) is 40.9 Å². The van der Waals surface area contributed by atoms with Crippen LogP contribution in [0.25, 0.3) is 22.1 Å². The Labute approximate surface area is 143 Å². The zero-order valence-electron chi connectivity index (χ0n) is 13.8. The average Bonchev–Trinajstić information content (AvgIpc) is 3.52. The predicted octanol–water partition coefficient (Wildman–Crippen LogP) is 2.45. The summed E-state index contributed by atoms with van der Waals surface area (Å²) < 4.78 is 6.99. The highest BCUT2D eigenvalue weighted by atomic mass is 16.3. The molecule has 0 radical (unpaired) electrons. The molecule has 2 aliphatic carbocycles. The topological polar surface area (TPSA) is 77.1 Å². The summed E-state index contributed by atoms with van der Waals surface area (Å²) in [7, 11) is 0. The molecule has 0 unspecified atom stereocenters. The minimum atomic E-state index is -0.314. The van der Waals surface area contributed by atoms with Crippen LogP contribution in [-0.2, 0) is 11.3 Å². The number of fused-ring (bicyclic) bond motifs is 3. The standard InChI is InChI=1S/C19H19N3O3/c23-15(21-16(11-5-6-11)12-7-8-12)9-22-10-20-17-13-3-1-2-4-14(13)25-18(17)19(22)24/h1-4,10-12,16H,5-9H2,(H,21,23). The first-order valence-corrected chi connectivity index (χ1v) is 8.87. The lowest BCUT2D eigenvalue weighted by atomic mass is 10.1. The summed E-state index contributed by atoms with van der Waals surface area (Å²) in [4.78, 5) is 29.4. The van der Waals surface area contributed by atoms with E-state index in [1.54, 1.807) is 0 Å². The SMILES string of the molecule is O=C(Cn1cnc2c(oc3ccccc32)c1=O)NC(C1CC1)C1CC1. The zero-order valence-corrected chi connectivity index (χ0v) is 13.8. The maximum atomic E-state index is 12.7. The van der Waals surface area contributed by atoms with E-state index in [0.29, 0.717) is 22.9 Å². The highest BCUT2D eigenvalue weighted by Crippen LogP contribution is 2.44. The van der Waals surface area contributed by atoms with Crippen molar-refractivity contribution in [2.75, 3.05) is 0 Å². The molecule has 6 heteroatoms. The van der Waals surface area contributed by atoms with Crippen LogP contribution < -0.4 is 10.9 Å². The Hall–Kier alpha value is -2.63. The van der Waals surface area contributed by atoms with Gasteiger partial charge in [0, 0.05) is 11.4 Å². The normalized spacial score (nSPS) is 17.5. The zero-order chi connectivity index (χ0) is 17.0. The third-order valence-corrected chi connectivity index (χ3v) is 5.25. The molecule has 0 spiro atoms. The second-order valence-electron chi connectivity index (χ2n) is 7.22. The number of benzene rings is 1. The van der Waals surface area contributed by atoms with Gasteiger partial charge >= 0.3 is 0 Å². The van der Waals surface area contributed by atoms with Crippen molar-refractivity contribution in [1.82, 2.24) is 14.9 Å². The van der Waals surface area contributed by atoms with E-state index >= 15 is 0 Å². The Kier molecular flexibility index (Phi) is 3.20. The fourth-order valence-electron chi connectivity index (χ4n) is 3.65. The van der Waals surface area contributed by atoms with E-state index in [4.69, 9.17) is 4.42 Å². The molecule has 3 aromatic rings. The van der Waals surface area contributed by atoms with Crippen molar-refractivity contribution in [3.63, 3.8) is 0 Å². The lowest BCUT2D eigenvalue weighted by Gasteiger charge is -2.17. The minimum absolute atomic E-state index is 0.0191. The van der Waals surface area contributed by atoms with Crippen LogP contribution in [0.15, 0.2) is 39.8 Å². The first-order chi connectivity index (χ1) is 12.2. The van der Waals surface area contributed by atoms with Gasteiger partial charge in [0.2, 0.25) is 11.5 Å². The van der Waals surface area contributed by atoms with E-state index in [-0.39, 0.29) is 29.6 Å². The van der Waals surface area contributed by atoms with Crippen LogP contribution in [0, 0.1) is 11.8 Å². The first-order valence-electron chi connectivity index (χ1n) is 8.87. The molecule has 2 aromatic heterocycles. The first kappa shape index (κ1) is 14.7. The van der Waals surface area contributed by atoms with Crippen LogP contribution in [0.3, 0.4) is 0 Å². The van der Waals surface area contributed by atoms with Crippen molar-refractivity contribution < 1.29 is 9.21 Å². The lowest BCUT2D eigenvalue weighted by molar-refractivity contribution is -0.122. The number of carbonyl (C=O) groups is 1. The monoisotopic (exact) mass is 337 g/mol. The summed E-state index contributed by atoms with van der Waals surface area (Å²) >= 11 is 0. The molecule has 0 bridgehead atoms. The Morgan fingerprint density at radius 1 is 1.24 bits per heavy atom. The molecule has 2 aliphatic rings. The highest BCUT2D eigenvalue weighted by molar-refractivity contribution is 6.01. The maximum Gasteiger partial charge on any atom is 0.297 e. The second-order valence-corrected chi connectivity index (χ2v) is 7.22. The molecule has 0 atom stereocenters. The van der Waals surface area contributed by atoms with E-state index in [2.05, 4.69) is 10.3 Å². The Bertz CT molecular complexity index is 1020. The van der Waals surface area contributed by atoms with Gasteiger partial charge in [0.05, 0.1) is 6.33 Å². The Balaban J connectivity index is 1.42. The number of nitrogens with one attached hydrogen (secondary N) is 1. The predicted molar refractivity (Wildman–Crippen MR) is 93.2 cm³/mol. The van der Waals surface area contributed by atoms with Gasteiger partial charge in [-0.1, -0.05) is 12.1 Å². The van der Waals surface area contributed by atoms with Crippen LogP contribution in [-0.4, -0.2) is 21.5 Å². The smallest absolute Gasteiger partial charge is 0.297 e. The third kappa shape index (κ3) is 2.62. The van der Waals surface area contributed by atoms with Gasteiger partial charge in [-0.05, 0) is 49.7 Å². The number of amides is 1. The highest BCUT2D eigenvalue weighted by Gasteiger charge is 2.42. The summed E-state index contributed by atoms with van der Waals surface area (Å²) in [6, 6.07) is 7.70. The molecule has 25 heavy (non-hydrogen) atoms. The molecule has 2 fully saturated rings. The van der Waals surface area contributed by atoms with Crippen LogP contribution in [0.5, 0.6) is 0 Å². The minimum Gasteiger partial charge on any atom is -0.448 e. The summed E-state index contributed by atoms with van der Waals surface area (Å²) in [6.45, 7) is -0.0191. The van der Waals surface area contributed by atoms with Gasteiger partial charge in [0.1, 0.15) is 17.6 Å². The van der Waals surface area contributed by atoms with E-state index < -0.39 is 0 Å². The van der Waals surface area contributed by atoms with Crippen molar-refractivity contribution in [3.8, 4) is 0 Å². The summed E-state index contributed by atoms with van der Waals surface area (Å²) in [6.07, 6.45) is 6.25. The molecule has 5 rings (SSSR count). The van der Waals surface area contributed by atoms with Crippen LogP contribution in [0.1, 0.15) is 25.7 Å². The number of hydrogen-bond donors (Lipinski definition) is 1. The van der Waals surface area contributed by atoms with Gasteiger partial charge in [-0.2, -0.15) is 0 Å². The van der Waals surface area contributed by atoms with Crippen molar-refractivity contribution in [1.29, 1.82) is 0 Å². The summed E-state index contributed by atoms with van der Waals surface area (Å²) in [5.74, 6) is 1.14. The van der Waals surface area contributed by atoms with E-state index in [1.165, 1.54) is 36.6 Å². The van der Waals surface area contributed by atoms with Gasteiger partial charge < -0.3 is 9.73 Å². The molecule has 1 amide bonds. The van der Waals surface area contributed by atoms with Gasteiger partial charge in [-0.25, -0.2) is 4.98 Å². The second kappa shape index (κ2) is 5.44. The number of hydrogen-bond acceptors (Lipinski definition) is 4. The molecule has 0 saturated heterocycles. The average molecular weight is 337 g/mol. The van der Waals surface area contributed by atoms with Crippen molar-refractivity contribution in [2.45, 2.75) is 38.3 Å². The quantitative estimate of drug-likeness (QED) is 0.776. The summed E-state index contributed by atoms with van der Waals surface area (Å²) in [5.41, 5.74) is 1.07. The fourth-order valence-corrected chi connectivity index (χ4v) is 3.65. The molecule has 0 aliphatic heterocycles. The molecule has 6 nitrogen and oxygen atoms in total. The van der Waals surface area contributed by atoms with Gasteiger partial charge in [0.15, 0.2) is 0 Å². The molecular weight excluding hydrogens is 318 g/mol. The molecule has 2 heterocycles. The van der Waals surface area contributed by atoms with Crippen LogP contribution >= 0.6 is 0 Å². The largest absolute Gasteiger partial charge is 0.448 e. The Morgan fingerprint density at radius 3 is 2.68 bits per heavy atom. The number of nitrogens with zero attached hydrogens (tertiary/aromatic N) is 2. The van der Waals surface area contributed by atoms with Gasteiger partial charge in [-0.15, -0.1) is 0 Å². The van der Waals surface area contributed by atoms with Crippen molar-refractivity contribution in [2.24, 2.45) is 11.8 Å². The number of para-hydroxylation sites is 1. The number of furan rings is 1. The third-order valence-electron chi connectivity index (χ3n) is 5.25. The van der Waals surface area contributed by atoms with Crippen LogP contribution in [0.2, 0.25) is 0 Å². The number of carbonyl (C=O) groups excluding carboxylic acids is 1. The van der Waals surface area contributed by atoms with Gasteiger partial charge in [0.25, 0.3) is 5.56 Å². The molecule has 1 aromatic carbocycles. The van der Waals surface area contributed by atoms with E-state index in [9.17, 15) is 9.59 Å². The summed E-state index contributed by atoms with van der Waals surface area (Å²) in [5, 5.41) is 3.95. The maximum absolute atomic E-state index is 12.7. The molecule has 2 saturated carbocycles. The fraction of sp³-hybridized carbons (Fsp3) is 0.421. The van der Waals surface area contributed by atoms with Crippen LogP contribution in [0.4, 0.5) is 0 Å². The number of aromatic nitrogens is 2. The van der Waals surface area contributed by atoms with Crippen molar-refractivity contribution >= 4 is 28.0 Å². The molecular formula is C19H19N3O3. The van der Waals surface area contributed by atoms with E-state index in [1.807, 2.05) is 24.3 Å². The van der Waals surface area contributed by atoms with E-state index in [0.717, 1.165) is 5.39 Å². The Morgan fingerprint density at radius 2 is 1.96 bits per heavy atom. The number of rotatable bonds is 5. The lowest BCUT2D eigenvalue weighted by Crippen LogP contribution is -2.41. The molecule has 128 valence electrons.